The minimum absolute atomic E-state index is 0.0641. The summed E-state index contributed by atoms with van der Waals surface area (Å²) in [6.07, 6.45) is -0.806. The van der Waals surface area contributed by atoms with Crippen molar-refractivity contribution in [2.24, 2.45) is 23.3 Å². The Balaban J connectivity index is 1.77. The van der Waals surface area contributed by atoms with Crippen molar-refractivity contribution < 1.29 is 46.5 Å². The second kappa shape index (κ2) is 15.2. The number of methoxy groups -OCH3 is 1. The van der Waals surface area contributed by atoms with Crippen LogP contribution in [0.2, 0.25) is 0 Å². The molecule has 9 N–H and O–H groups in total. The Bertz CT molecular complexity index is 1140. The number of hydrogen-bond acceptors (Lipinski definition) is 12. The van der Waals surface area contributed by atoms with E-state index in [4.69, 9.17) is 20.8 Å². The number of carbonyl (C=O) groups excluding carboxylic acids is 3. The fourth-order valence-electron chi connectivity index (χ4n) is 6.04. The van der Waals surface area contributed by atoms with Gasteiger partial charge < -0.3 is 42.0 Å². The highest BCUT2D eigenvalue weighted by molar-refractivity contribution is 7.80. The highest BCUT2D eigenvalue weighted by atomic mass is 32.3. The third-order valence-electron chi connectivity index (χ3n) is 8.25. The monoisotopic (exact) mass is 634 g/mol. The Labute approximate surface area is 252 Å². The maximum Gasteiger partial charge on any atom is 0.397 e. The van der Waals surface area contributed by atoms with Crippen molar-refractivity contribution in [1.82, 2.24) is 20.4 Å². The number of aliphatic hydroxyl groups excluding tert-OH is 2. The molecule has 246 valence electrons. The number of nitrogens with zero attached hydrogens (tertiary/aromatic N) is 2. The number of fused-ring (bicyclic) bond motifs is 1. The van der Waals surface area contributed by atoms with Crippen LogP contribution < -0.4 is 22.1 Å². The number of nitrogens with one attached hydrogen (secondary N) is 2. The molecular weight excluding hydrogens is 588 g/mol. The van der Waals surface area contributed by atoms with E-state index in [1.807, 2.05) is 24.8 Å². The largest absolute Gasteiger partial charge is 0.397 e. The van der Waals surface area contributed by atoms with Gasteiger partial charge in [0, 0.05) is 32.8 Å². The van der Waals surface area contributed by atoms with Gasteiger partial charge in [0.05, 0.1) is 12.2 Å². The van der Waals surface area contributed by atoms with Gasteiger partial charge in [0.25, 0.3) is 5.91 Å². The Kier molecular flexibility index (Phi) is 12.4. The van der Waals surface area contributed by atoms with Crippen LogP contribution in [-0.4, -0.2) is 127 Å². The molecule has 0 aromatic rings. The molecule has 3 aliphatic rings. The molecule has 2 heterocycles. The van der Waals surface area contributed by atoms with Crippen LogP contribution in [0.3, 0.4) is 0 Å². The molecule has 2 fully saturated rings. The first kappa shape index (κ1) is 35.3. The van der Waals surface area contributed by atoms with E-state index in [-0.39, 0.29) is 43.4 Å². The maximum atomic E-state index is 14.1. The second-order valence-corrected chi connectivity index (χ2v) is 13.0. The summed E-state index contributed by atoms with van der Waals surface area (Å²) in [6, 6.07) is -2.57. The lowest BCUT2D eigenvalue weighted by atomic mass is 9.81. The van der Waals surface area contributed by atoms with Crippen molar-refractivity contribution in [2.45, 2.75) is 88.7 Å². The fourth-order valence-corrected chi connectivity index (χ4v) is 6.34. The van der Waals surface area contributed by atoms with Gasteiger partial charge in [0.1, 0.15) is 25.0 Å². The first-order valence-corrected chi connectivity index (χ1v) is 15.8. The predicted molar refractivity (Wildman–Crippen MR) is 153 cm³/mol. The molecular formula is C26H46N6O10S. The first-order chi connectivity index (χ1) is 20.1. The first-order valence-electron chi connectivity index (χ1n) is 14.4. The Morgan fingerprint density at radius 1 is 1.14 bits per heavy atom. The van der Waals surface area contributed by atoms with Gasteiger partial charge in [-0.05, 0) is 43.9 Å². The number of hydrogen-bond donors (Lipinski definition) is 7. The number of rotatable bonds is 14. The molecule has 0 aromatic carbocycles. The zero-order chi connectivity index (χ0) is 32.1. The van der Waals surface area contributed by atoms with Gasteiger partial charge in [-0.25, -0.2) is 4.18 Å². The van der Waals surface area contributed by atoms with Crippen molar-refractivity contribution in [3.05, 3.63) is 11.6 Å². The van der Waals surface area contributed by atoms with E-state index in [1.165, 1.54) is 4.90 Å². The van der Waals surface area contributed by atoms with Crippen molar-refractivity contribution in [3.63, 3.8) is 0 Å². The molecule has 7 atom stereocenters. The van der Waals surface area contributed by atoms with Crippen LogP contribution in [-0.2, 0) is 33.7 Å². The minimum atomic E-state index is -4.84. The summed E-state index contributed by atoms with van der Waals surface area (Å²) >= 11 is 0. The third kappa shape index (κ3) is 9.63. The lowest BCUT2D eigenvalue weighted by Gasteiger charge is -2.39. The Morgan fingerprint density at radius 3 is 2.40 bits per heavy atom. The number of likely N-dealkylation sites (tertiary alicyclic amines) is 1. The summed E-state index contributed by atoms with van der Waals surface area (Å²) in [4.78, 5) is 43.9. The molecule has 0 radical (unpaired) electrons. The topological polar surface area (TPSA) is 247 Å². The van der Waals surface area contributed by atoms with Crippen LogP contribution in [0.25, 0.3) is 0 Å². The van der Waals surface area contributed by atoms with E-state index in [2.05, 4.69) is 14.8 Å². The number of nitrogens with two attached hydrogens (primary N) is 2. The summed E-state index contributed by atoms with van der Waals surface area (Å²) in [5.41, 5.74) is 12.5. The molecule has 1 saturated carbocycles. The Morgan fingerprint density at radius 2 is 1.81 bits per heavy atom. The van der Waals surface area contributed by atoms with Gasteiger partial charge in [-0.15, -0.1) is 0 Å². The third-order valence-corrected chi connectivity index (χ3v) is 8.68. The number of carbonyl (C=O) groups is 3. The quantitative estimate of drug-likeness (QED) is 0.0589. The van der Waals surface area contributed by atoms with Crippen LogP contribution in [0.5, 0.6) is 0 Å². The summed E-state index contributed by atoms with van der Waals surface area (Å²) in [6.45, 7) is 4.39. The fraction of sp³-hybridized carbons (Fsp3) is 0.808. The van der Waals surface area contributed by atoms with E-state index in [1.54, 1.807) is 0 Å². The number of ether oxygens (including phenoxy) is 1. The SMILES string of the molecule is COC(COS(=O)(=O)O)C(=O)NC(CC(C)C)C(=O)N1C(C(=O)NCCC2=CCN(C(N)N)C2)CC2CC(O)C(O)CC21. The minimum Gasteiger partial charge on any atom is -0.390 e. The average Bonchev–Trinajstić information content (AvgIpc) is 3.52. The predicted octanol–water partition coefficient (Wildman–Crippen LogP) is -2.60. The molecule has 0 aromatic heterocycles. The van der Waals surface area contributed by atoms with Crippen LogP contribution in [0.15, 0.2) is 11.6 Å². The molecule has 17 heteroatoms. The van der Waals surface area contributed by atoms with Gasteiger partial charge >= 0.3 is 10.4 Å². The number of amides is 3. The molecule has 0 bridgehead atoms. The van der Waals surface area contributed by atoms with Crippen molar-refractivity contribution in [2.75, 3.05) is 33.4 Å². The molecule has 3 rings (SSSR count). The standard InChI is InChI=1S/C26H46N6O10S/c1-14(2)8-17(30-24(36)22(41-3)13-42-43(38,39)40)25(37)32-18-11-21(34)20(33)10-16(18)9-19(32)23(35)29-6-4-15-5-7-31(12-15)26(27)28/h5,14,16-22,26,33-34H,4,6-13,27-28H2,1-3H3,(H,29,35)(H,30,36)(H,38,39,40). The molecule has 1 saturated heterocycles. The van der Waals surface area contributed by atoms with Gasteiger partial charge in [-0.2, -0.15) is 8.42 Å². The van der Waals surface area contributed by atoms with Gasteiger partial charge in [-0.1, -0.05) is 25.5 Å². The van der Waals surface area contributed by atoms with E-state index in [9.17, 15) is 33.0 Å². The van der Waals surface area contributed by atoms with Gasteiger partial charge in [-0.3, -0.25) is 23.8 Å². The average molecular weight is 635 g/mol. The summed E-state index contributed by atoms with van der Waals surface area (Å²) in [7, 11) is -3.70. The van der Waals surface area contributed by atoms with E-state index >= 15 is 0 Å². The maximum absolute atomic E-state index is 14.1. The number of aliphatic hydroxyl groups is 2. The summed E-state index contributed by atoms with van der Waals surface area (Å²) in [5.74, 6) is -2.11. The smallest absolute Gasteiger partial charge is 0.390 e. The molecule has 1 aliphatic carbocycles. The van der Waals surface area contributed by atoms with Crippen LogP contribution >= 0.6 is 0 Å². The Hall–Kier alpha value is -2.22. The van der Waals surface area contributed by atoms with Crippen molar-refractivity contribution in [3.8, 4) is 0 Å². The second-order valence-electron chi connectivity index (χ2n) is 11.9. The highest BCUT2D eigenvalue weighted by Gasteiger charge is 2.52. The van der Waals surface area contributed by atoms with Crippen molar-refractivity contribution >= 4 is 28.1 Å². The summed E-state index contributed by atoms with van der Waals surface area (Å²) < 4.78 is 40.2. The van der Waals surface area contributed by atoms with E-state index in [0.29, 0.717) is 26.1 Å². The molecule has 3 amide bonds. The van der Waals surface area contributed by atoms with Gasteiger partial charge in [0.15, 0.2) is 6.10 Å². The summed E-state index contributed by atoms with van der Waals surface area (Å²) in [5, 5.41) is 26.3. The highest BCUT2D eigenvalue weighted by Crippen LogP contribution is 2.40. The van der Waals surface area contributed by atoms with Gasteiger partial charge in [0.2, 0.25) is 11.8 Å². The molecule has 7 unspecified atom stereocenters. The zero-order valence-corrected chi connectivity index (χ0v) is 25.6. The molecule has 0 spiro atoms. The lowest BCUT2D eigenvalue weighted by molar-refractivity contribution is -0.147. The normalized spacial score (nSPS) is 27.6. The van der Waals surface area contributed by atoms with Crippen LogP contribution in [0.1, 0.15) is 46.0 Å². The lowest BCUT2D eigenvalue weighted by Crippen LogP contribution is -2.59. The molecule has 43 heavy (non-hydrogen) atoms. The van der Waals surface area contributed by atoms with E-state index in [0.717, 1.165) is 12.7 Å². The van der Waals surface area contributed by atoms with Crippen LogP contribution in [0.4, 0.5) is 0 Å². The van der Waals surface area contributed by atoms with Crippen molar-refractivity contribution in [1.29, 1.82) is 0 Å². The van der Waals surface area contributed by atoms with E-state index < -0.39 is 71.5 Å². The molecule has 2 aliphatic heterocycles. The van der Waals surface area contributed by atoms with Crippen LogP contribution in [0, 0.1) is 11.8 Å². The molecule has 16 nitrogen and oxygen atoms in total. The zero-order valence-electron chi connectivity index (χ0n) is 24.8.